The Bertz CT molecular complexity index is 757. The average molecular weight is 511 g/mol. The first-order chi connectivity index (χ1) is 17.1. The topological polar surface area (TPSA) is 119 Å². The van der Waals surface area contributed by atoms with E-state index >= 15 is 0 Å². The lowest BCUT2D eigenvalue weighted by Crippen LogP contribution is -2.39. The summed E-state index contributed by atoms with van der Waals surface area (Å²) in [6.07, 6.45) is 11.9. The Morgan fingerprint density at radius 3 is 2.33 bits per heavy atom. The van der Waals surface area contributed by atoms with E-state index in [4.69, 9.17) is 14.2 Å². The number of hydrogen-bond acceptors (Lipinski definition) is 8. The summed E-state index contributed by atoms with van der Waals surface area (Å²) in [4.78, 5) is 35.2. The van der Waals surface area contributed by atoms with Crippen LogP contribution >= 0.6 is 0 Å². The second-order valence-corrected chi connectivity index (χ2v) is 9.57. The molecular weight excluding hydrogens is 464 g/mol. The summed E-state index contributed by atoms with van der Waals surface area (Å²) >= 11 is 0. The average Bonchev–Trinajstić information content (AvgIpc) is 3.03. The highest BCUT2D eigenvalue weighted by atomic mass is 16.7. The van der Waals surface area contributed by atoms with Gasteiger partial charge in [-0.15, -0.1) is 0 Å². The largest absolute Gasteiger partial charge is 0.466 e. The SMILES string of the molecule is CCCCC[C@H](O)/C=C/[C@@H]1C(CCCCCCC(=O)OCCCC)=C(OC(C)=O)C[C@]1(O)OC(C)=O. The van der Waals surface area contributed by atoms with Crippen molar-refractivity contribution in [1.29, 1.82) is 0 Å². The van der Waals surface area contributed by atoms with Gasteiger partial charge in [0.2, 0.25) is 5.79 Å². The van der Waals surface area contributed by atoms with E-state index in [0.29, 0.717) is 37.2 Å². The molecule has 0 amide bonds. The molecule has 3 atom stereocenters. The maximum Gasteiger partial charge on any atom is 0.307 e. The molecule has 0 aromatic rings. The summed E-state index contributed by atoms with van der Waals surface area (Å²) in [5.41, 5.74) is 0.685. The molecule has 8 heteroatoms. The molecule has 0 heterocycles. The smallest absolute Gasteiger partial charge is 0.307 e. The summed E-state index contributed by atoms with van der Waals surface area (Å²) < 4.78 is 15.9. The molecule has 0 radical (unpaired) electrons. The molecule has 1 aliphatic carbocycles. The number of carbonyl (C=O) groups is 3. The Kier molecular flexibility index (Phi) is 15.3. The van der Waals surface area contributed by atoms with E-state index in [9.17, 15) is 24.6 Å². The van der Waals surface area contributed by atoms with Crippen molar-refractivity contribution in [1.82, 2.24) is 0 Å². The molecule has 1 rings (SSSR count). The molecule has 0 spiro atoms. The monoisotopic (exact) mass is 510 g/mol. The fourth-order valence-electron chi connectivity index (χ4n) is 4.36. The molecule has 8 nitrogen and oxygen atoms in total. The zero-order chi connectivity index (χ0) is 27.0. The zero-order valence-electron chi connectivity index (χ0n) is 22.6. The standard InChI is InChI=1S/C28H46O8/c1-5-7-11-14-23(31)17-18-25-24(15-12-9-10-13-16-27(32)34-19-8-6-2)26(35-21(3)29)20-28(25,33)36-22(4)30/h17-18,23,25,31,33H,5-16,19-20H2,1-4H3/b18-17+/t23-,25+,28-/m0/s1. The third kappa shape index (κ3) is 12.2. The third-order valence-electron chi connectivity index (χ3n) is 6.19. The minimum Gasteiger partial charge on any atom is -0.466 e. The minimum absolute atomic E-state index is 0.133. The lowest BCUT2D eigenvalue weighted by molar-refractivity contribution is -0.214. The molecular formula is C28H46O8. The van der Waals surface area contributed by atoms with Gasteiger partial charge in [-0.05, 0) is 37.7 Å². The van der Waals surface area contributed by atoms with Crippen LogP contribution in [-0.2, 0) is 28.6 Å². The first-order valence-electron chi connectivity index (χ1n) is 13.5. The van der Waals surface area contributed by atoms with Gasteiger partial charge in [0.05, 0.1) is 25.0 Å². The zero-order valence-corrected chi connectivity index (χ0v) is 22.6. The number of carbonyl (C=O) groups excluding carboxylic acids is 3. The molecule has 0 bridgehead atoms. The van der Waals surface area contributed by atoms with Crippen LogP contribution in [0.2, 0.25) is 0 Å². The highest BCUT2D eigenvalue weighted by Gasteiger charge is 2.49. The molecule has 0 fully saturated rings. The molecule has 0 saturated carbocycles. The lowest BCUT2D eigenvalue weighted by atomic mass is 9.91. The molecule has 0 aromatic carbocycles. The summed E-state index contributed by atoms with van der Waals surface area (Å²) in [5.74, 6) is -3.64. The van der Waals surface area contributed by atoms with E-state index in [2.05, 4.69) is 6.92 Å². The second kappa shape index (κ2) is 17.3. The predicted molar refractivity (Wildman–Crippen MR) is 136 cm³/mol. The van der Waals surface area contributed by atoms with Crippen molar-refractivity contribution < 1.29 is 38.8 Å². The highest BCUT2D eigenvalue weighted by Crippen LogP contribution is 2.45. The van der Waals surface area contributed by atoms with Crippen molar-refractivity contribution in [3.05, 3.63) is 23.5 Å². The van der Waals surface area contributed by atoms with E-state index in [0.717, 1.165) is 57.8 Å². The van der Waals surface area contributed by atoms with Gasteiger partial charge >= 0.3 is 17.9 Å². The van der Waals surface area contributed by atoms with Crippen molar-refractivity contribution in [3.8, 4) is 0 Å². The molecule has 0 aliphatic heterocycles. The number of aliphatic hydroxyl groups excluding tert-OH is 1. The van der Waals surface area contributed by atoms with Gasteiger partial charge in [-0.1, -0.05) is 64.5 Å². The maximum absolute atomic E-state index is 11.7. The van der Waals surface area contributed by atoms with Crippen molar-refractivity contribution in [2.75, 3.05) is 6.61 Å². The van der Waals surface area contributed by atoms with E-state index in [-0.39, 0.29) is 12.4 Å². The highest BCUT2D eigenvalue weighted by molar-refractivity contribution is 5.69. The summed E-state index contributed by atoms with van der Waals surface area (Å²) in [5, 5.41) is 21.6. The molecule has 2 N–H and O–H groups in total. The van der Waals surface area contributed by atoms with E-state index in [1.54, 1.807) is 12.2 Å². The van der Waals surface area contributed by atoms with Crippen LogP contribution in [0.4, 0.5) is 0 Å². The van der Waals surface area contributed by atoms with Crippen LogP contribution in [0.1, 0.15) is 111 Å². The normalized spacial score (nSPS) is 20.6. The Hall–Kier alpha value is -2.19. The number of hydrogen-bond donors (Lipinski definition) is 2. The third-order valence-corrected chi connectivity index (χ3v) is 6.19. The molecule has 0 unspecified atom stereocenters. The van der Waals surface area contributed by atoms with Gasteiger partial charge in [0.15, 0.2) is 0 Å². The molecule has 1 aliphatic rings. The van der Waals surface area contributed by atoms with Gasteiger partial charge in [0.25, 0.3) is 0 Å². The first-order valence-corrected chi connectivity index (χ1v) is 13.5. The summed E-state index contributed by atoms with van der Waals surface area (Å²) in [6.45, 7) is 7.11. The van der Waals surface area contributed by atoms with Crippen LogP contribution in [0.5, 0.6) is 0 Å². The second-order valence-electron chi connectivity index (χ2n) is 9.57. The van der Waals surface area contributed by atoms with Crippen molar-refractivity contribution in [2.45, 2.75) is 123 Å². The van der Waals surface area contributed by atoms with E-state index < -0.39 is 29.7 Å². The van der Waals surface area contributed by atoms with Crippen molar-refractivity contribution in [3.63, 3.8) is 0 Å². The fraction of sp³-hybridized carbons (Fsp3) is 0.750. The van der Waals surface area contributed by atoms with Crippen LogP contribution in [0, 0.1) is 5.92 Å². The van der Waals surface area contributed by atoms with Gasteiger partial charge in [0, 0.05) is 20.3 Å². The van der Waals surface area contributed by atoms with Crippen LogP contribution < -0.4 is 0 Å². The summed E-state index contributed by atoms with van der Waals surface area (Å²) in [7, 11) is 0. The van der Waals surface area contributed by atoms with E-state index in [1.165, 1.54) is 13.8 Å². The Morgan fingerprint density at radius 2 is 1.69 bits per heavy atom. The minimum atomic E-state index is -1.88. The van der Waals surface area contributed by atoms with Gasteiger partial charge < -0.3 is 24.4 Å². The number of ether oxygens (including phenoxy) is 3. The van der Waals surface area contributed by atoms with Crippen LogP contribution in [0.15, 0.2) is 23.5 Å². The van der Waals surface area contributed by atoms with Gasteiger partial charge in [-0.25, -0.2) is 0 Å². The molecule has 36 heavy (non-hydrogen) atoms. The molecule has 0 saturated heterocycles. The Balaban J connectivity index is 2.83. The number of unbranched alkanes of at least 4 members (excludes halogenated alkanes) is 6. The van der Waals surface area contributed by atoms with E-state index in [1.807, 2.05) is 6.92 Å². The number of esters is 3. The van der Waals surface area contributed by atoms with Crippen LogP contribution in [0.25, 0.3) is 0 Å². The molecule has 0 aromatic heterocycles. The van der Waals surface area contributed by atoms with Gasteiger partial charge in [-0.2, -0.15) is 0 Å². The predicted octanol–water partition coefficient (Wildman–Crippen LogP) is 5.26. The van der Waals surface area contributed by atoms with Crippen LogP contribution in [0.3, 0.4) is 0 Å². The first kappa shape index (κ1) is 31.8. The maximum atomic E-state index is 11.7. The fourth-order valence-corrected chi connectivity index (χ4v) is 4.36. The molecule has 206 valence electrons. The number of rotatable bonds is 18. The van der Waals surface area contributed by atoms with Crippen molar-refractivity contribution >= 4 is 17.9 Å². The van der Waals surface area contributed by atoms with Crippen LogP contribution in [-0.4, -0.2) is 46.6 Å². The number of aliphatic hydroxyl groups is 2. The Labute approximate surface area is 216 Å². The lowest BCUT2D eigenvalue weighted by Gasteiger charge is -2.29. The van der Waals surface area contributed by atoms with Gasteiger partial charge in [-0.3, -0.25) is 14.4 Å². The van der Waals surface area contributed by atoms with Gasteiger partial charge in [0.1, 0.15) is 5.76 Å². The Morgan fingerprint density at radius 1 is 1.00 bits per heavy atom. The van der Waals surface area contributed by atoms with Crippen molar-refractivity contribution in [2.24, 2.45) is 5.92 Å². The summed E-state index contributed by atoms with van der Waals surface area (Å²) in [6, 6.07) is 0. The quantitative estimate of drug-likeness (QED) is 0.0843.